The first-order valence-electron chi connectivity index (χ1n) is 5.45. The van der Waals surface area contributed by atoms with E-state index < -0.39 is 0 Å². The Kier molecular flexibility index (Phi) is 2.18. The molecule has 0 saturated carbocycles. The van der Waals surface area contributed by atoms with E-state index in [0.717, 1.165) is 16.6 Å². The van der Waals surface area contributed by atoms with Crippen molar-refractivity contribution in [1.82, 2.24) is 9.78 Å². The van der Waals surface area contributed by atoms with E-state index in [9.17, 15) is 4.39 Å². The Morgan fingerprint density at radius 2 is 1.94 bits per heavy atom. The summed E-state index contributed by atoms with van der Waals surface area (Å²) in [7, 11) is 0. The molecule has 17 heavy (non-hydrogen) atoms. The molecule has 1 heterocycles. The van der Waals surface area contributed by atoms with Gasteiger partial charge < -0.3 is 0 Å². The molecule has 0 radical (unpaired) electrons. The summed E-state index contributed by atoms with van der Waals surface area (Å²) in [5.74, 6) is -0.206. The molecular formula is C14H11FN2. The summed E-state index contributed by atoms with van der Waals surface area (Å²) in [4.78, 5) is 0. The maximum Gasteiger partial charge on any atom is 0.128 e. The van der Waals surface area contributed by atoms with E-state index in [2.05, 4.69) is 5.10 Å². The molecule has 0 atom stereocenters. The molecule has 2 aromatic carbocycles. The van der Waals surface area contributed by atoms with Crippen LogP contribution in [0.5, 0.6) is 0 Å². The van der Waals surface area contributed by atoms with Crippen LogP contribution in [0.2, 0.25) is 0 Å². The topological polar surface area (TPSA) is 17.8 Å². The van der Waals surface area contributed by atoms with Gasteiger partial charge in [-0.15, -0.1) is 0 Å². The average molecular weight is 226 g/mol. The number of hydrogen-bond acceptors (Lipinski definition) is 1. The van der Waals surface area contributed by atoms with Crippen LogP contribution >= 0.6 is 0 Å². The monoisotopic (exact) mass is 226 g/mol. The van der Waals surface area contributed by atoms with Crippen LogP contribution in [0.25, 0.3) is 16.6 Å². The predicted octanol–water partition coefficient (Wildman–Crippen LogP) is 3.47. The van der Waals surface area contributed by atoms with Crippen molar-refractivity contribution in [2.45, 2.75) is 6.92 Å². The molecule has 2 nitrogen and oxygen atoms in total. The summed E-state index contributed by atoms with van der Waals surface area (Å²) in [6.45, 7) is 1.75. The summed E-state index contributed by atoms with van der Waals surface area (Å²) in [5, 5.41) is 5.45. The van der Waals surface area contributed by atoms with E-state index in [1.54, 1.807) is 17.7 Å². The SMILES string of the molecule is Cc1ccc(-n2cc3ccccc3n2)cc1F. The minimum absolute atomic E-state index is 0.206. The van der Waals surface area contributed by atoms with Crippen LogP contribution < -0.4 is 0 Å². The number of aromatic nitrogens is 2. The first-order valence-corrected chi connectivity index (χ1v) is 5.45. The van der Waals surface area contributed by atoms with Gasteiger partial charge in [-0.05, 0) is 30.7 Å². The number of fused-ring (bicyclic) bond motifs is 1. The third kappa shape index (κ3) is 1.69. The van der Waals surface area contributed by atoms with Crippen molar-refractivity contribution >= 4 is 10.9 Å². The highest BCUT2D eigenvalue weighted by atomic mass is 19.1. The van der Waals surface area contributed by atoms with Gasteiger partial charge in [-0.3, -0.25) is 0 Å². The number of hydrogen-bond donors (Lipinski definition) is 0. The van der Waals surface area contributed by atoms with Crippen molar-refractivity contribution in [3.05, 3.63) is 60.0 Å². The Balaban J connectivity index is 2.17. The van der Waals surface area contributed by atoms with E-state index in [-0.39, 0.29) is 5.82 Å². The molecule has 1 aromatic heterocycles. The lowest BCUT2D eigenvalue weighted by atomic mass is 10.2. The van der Waals surface area contributed by atoms with Crippen molar-refractivity contribution in [2.75, 3.05) is 0 Å². The van der Waals surface area contributed by atoms with Crippen LogP contribution in [0.1, 0.15) is 5.56 Å². The van der Waals surface area contributed by atoms with E-state index in [0.29, 0.717) is 5.56 Å². The lowest BCUT2D eigenvalue weighted by Gasteiger charge is -2.02. The van der Waals surface area contributed by atoms with Crippen molar-refractivity contribution in [2.24, 2.45) is 0 Å². The molecule has 84 valence electrons. The Morgan fingerprint density at radius 3 is 2.71 bits per heavy atom. The zero-order chi connectivity index (χ0) is 11.8. The van der Waals surface area contributed by atoms with E-state index in [1.165, 1.54) is 6.07 Å². The Morgan fingerprint density at radius 1 is 1.12 bits per heavy atom. The second kappa shape index (κ2) is 3.70. The average Bonchev–Trinajstić information content (AvgIpc) is 2.76. The van der Waals surface area contributed by atoms with Gasteiger partial charge >= 0.3 is 0 Å². The number of halogens is 1. The van der Waals surface area contributed by atoms with Crippen molar-refractivity contribution in [3.63, 3.8) is 0 Å². The molecule has 0 fully saturated rings. The van der Waals surface area contributed by atoms with Gasteiger partial charge in [0.05, 0.1) is 11.2 Å². The minimum Gasteiger partial charge on any atom is -0.240 e. The third-order valence-corrected chi connectivity index (χ3v) is 2.83. The number of nitrogens with zero attached hydrogens (tertiary/aromatic N) is 2. The summed E-state index contributed by atoms with van der Waals surface area (Å²) in [6, 6.07) is 13.0. The van der Waals surface area contributed by atoms with E-state index in [1.807, 2.05) is 36.5 Å². The molecule has 0 bridgehead atoms. The summed E-state index contributed by atoms with van der Waals surface area (Å²) < 4.78 is 15.2. The second-order valence-corrected chi connectivity index (χ2v) is 4.07. The molecule has 0 amide bonds. The molecule has 0 aliphatic rings. The molecule has 3 heteroatoms. The first-order chi connectivity index (χ1) is 8.24. The molecule has 0 N–H and O–H groups in total. The van der Waals surface area contributed by atoms with Gasteiger partial charge in [0.15, 0.2) is 0 Å². The highest BCUT2D eigenvalue weighted by Crippen LogP contribution is 2.17. The summed E-state index contributed by atoms with van der Waals surface area (Å²) >= 11 is 0. The Labute approximate surface area is 98.3 Å². The number of benzene rings is 2. The molecule has 3 rings (SSSR count). The van der Waals surface area contributed by atoms with Crippen LogP contribution in [0.4, 0.5) is 4.39 Å². The zero-order valence-electron chi connectivity index (χ0n) is 9.39. The van der Waals surface area contributed by atoms with Crippen molar-refractivity contribution in [1.29, 1.82) is 0 Å². The largest absolute Gasteiger partial charge is 0.240 e. The highest BCUT2D eigenvalue weighted by Gasteiger charge is 2.04. The van der Waals surface area contributed by atoms with Crippen LogP contribution in [0.15, 0.2) is 48.7 Å². The molecule has 0 saturated heterocycles. The minimum atomic E-state index is -0.206. The first kappa shape index (κ1) is 10.0. The molecule has 0 aliphatic carbocycles. The van der Waals surface area contributed by atoms with Gasteiger partial charge in [0.25, 0.3) is 0 Å². The van der Waals surface area contributed by atoms with Crippen LogP contribution in [-0.2, 0) is 0 Å². The quantitative estimate of drug-likeness (QED) is 0.621. The fourth-order valence-corrected chi connectivity index (χ4v) is 1.82. The van der Waals surface area contributed by atoms with Gasteiger partial charge in [0.2, 0.25) is 0 Å². The van der Waals surface area contributed by atoms with Gasteiger partial charge in [-0.25, -0.2) is 9.07 Å². The molecular weight excluding hydrogens is 215 g/mol. The lowest BCUT2D eigenvalue weighted by Crippen LogP contribution is -1.95. The van der Waals surface area contributed by atoms with Crippen LogP contribution in [0, 0.1) is 12.7 Å². The zero-order valence-corrected chi connectivity index (χ0v) is 9.39. The maximum atomic E-state index is 13.5. The Hall–Kier alpha value is -2.16. The lowest BCUT2D eigenvalue weighted by molar-refractivity contribution is 0.616. The van der Waals surface area contributed by atoms with E-state index >= 15 is 0 Å². The van der Waals surface area contributed by atoms with Gasteiger partial charge in [-0.2, -0.15) is 5.10 Å². The van der Waals surface area contributed by atoms with Crippen LogP contribution in [-0.4, -0.2) is 9.78 Å². The second-order valence-electron chi connectivity index (χ2n) is 4.07. The summed E-state index contributed by atoms with van der Waals surface area (Å²) in [5.41, 5.74) is 2.29. The molecule has 0 spiro atoms. The number of rotatable bonds is 1. The molecule has 3 aromatic rings. The highest BCUT2D eigenvalue weighted by molar-refractivity contribution is 5.78. The van der Waals surface area contributed by atoms with Gasteiger partial charge in [-0.1, -0.05) is 24.3 Å². The van der Waals surface area contributed by atoms with Gasteiger partial charge in [0, 0.05) is 11.6 Å². The smallest absolute Gasteiger partial charge is 0.128 e. The van der Waals surface area contributed by atoms with Crippen molar-refractivity contribution < 1.29 is 4.39 Å². The molecule has 0 aliphatic heterocycles. The number of aryl methyl sites for hydroxylation is 1. The fourth-order valence-electron chi connectivity index (χ4n) is 1.82. The van der Waals surface area contributed by atoms with E-state index in [4.69, 9.17) is 0 Å². The van der Waals surface area contributed by atoms with Gasteiger partial charge in [0.1, 0.15) is 5.82 Å². The van der Waals surface area contributed by atoms with Crippen molar-refractivity contribution in [3.8, 4) is 5.69 Å². The standard InChI is InChI=1S/C14H11FN2/c1-10-6-7-12(8-13(10)15)17-9-11-4-2-3-5-14(11)16-17/h2-9H,1H3. The predicted molar refractivity (Wildman–Crippen MR) is 65.8 cm³/mol. The third-order valence-electron chi connectivity index (χ3n) is 2.83. The fraction of sp³-hybridized carbons (Fsp3) is 0.0714. The molecule has 0 unspecified atom stereocenters. The maximum absolute atomic E-state index is 13.5. The normalized spacial score (nSPS) is 10.9. The summed E-state index contributed by atoms with van der Waals surface area (Å²) in [6.07, 6.45) is 1.90. The van der Waals surface area contributed by atoms with Crippen LogP contribution in [0.3, 0.4) is 0 Å². The Bertz CT molecular complexity index is 653.